The first-order valence-electron chi connectivity index (χ1n) is 23.5. The van der Waals surface area contributed by atoms with E-state index in [-0.39, 0.29) is 43.7 Å². The number of rotatable bonds is 17. The molecule has 15 N–H and O–H groups in total. The molecule has 1 unspecified atom stereocenters. The van der Waals surface area contributed by atoms with E-state index >= 15 is 0 Å². The number of para-hydroxylation sites is 1. The van der Waals surface area contributed by atoms with E-state index in [4.69, 9.17) is 11.5 Å². The van der Waals surface area contributed by atoms with E-state index < -0.39 is 108 Å². The number of benzene rings is 3. The number of unbranched alkanes of at least 4 members (excludes halogenated alkanes) is 1. The first kappa shape index (κ1) is 55.9. The lowest BCUT2D eigenvalue weighted by Crippen LogP contribution is -2.62. The molecule has 0 aliphatic carbocycles. The Balaban J connectivity index is 1.56. The van der Waals surface area contributed by atoms with Crippen LogP contribution in [-0.2, 0) is 52.8 Å². The van der Waals surface area contributed by atoms with E-state index in [1.165, 1.54) is 13.8 Å². The molecule has 0 radical (unpaired) electrons. The van der Waals surface area contributed by atoms with Crippen LogP contribution >= 0.6 is 21.6 Å². The van der Waals surface area contributed by atoms with Gasteiger partial charge in [0.2, 0.25) is 41.4 Å². The molecule has 0 bridgehead atoms. The molecule has 2 heterocycles. The molecule has 22 heteroatoms. The van der Waals surface area contributed by atoms with Gasteiger partial charge >= 0.3 is 0 Å². The Hall–Kier alpha value is -6.01. The number of nitrogens with two attached hydrogens (primary N) is 2. The highest BCUT2D eigenvalue weighted by Gasteiger charge is 2.36. The minimum Gasteiger partial charge on any atom is -0.394 e. The Kier molecular flexibility index (Phi) is 22.2. The zero-order valence-corrected chi connectivity index (χ0v) is 41.3. The second kappa shape index (κ2) is 28.1. The summed E-state index contributed by atoms with van der Waals surface area (Å²) in [6, 6.07) is 14.6. The molecule has 1 saturated heterocycles. The molecule has 71 heavy (non-hydrogen) atoms. The molecule has 3 aromatic carbocycles. The van der Waals surface area contributed by atoms with Gasteiger partial charge in [-0.3, -0.25) is 33.6 Å². The Labute approximate surface area is 420 Å². The molecule has 0 saturated carbocycles. The Morgan fingerprint density at radius 1 is 0.718 bits per heavy atom. The molecule has 5 rings (SSSR count). The number of carbonyl (C=O) groups excluding carboxylic acids is 7. The van der Waals surface area contributed by atoms with Gasteiger partial charge in [0, 0.05) is 41.4 Å². The lowest BCUT2D eigenvalue weighted by molar-refractivity contribution is -0.136. The van der Waals surface area contributed by atoms with Crippen molar-refractivity contribution in [3.8, 4) is 0 Å². The van der Waals surface area contributed by atoms with Crippen LogP contribution in [0.5, 0.6) is 0 Å². The number of aliphatic hydroxyl groups is 3. The van der Waals surface area contributed by atoms with Gasteiger partial charge in [-0.15, -0.1) is 0 Å². The van der Waals surface area contributed by atoms with Gasteiger partial charge in [0.1, 0.15) is 36.3 Å². The highest BCUT2D eigenvalue weighted by atomic mass is 33.1. The monoisotopic (exact) mass is 1020 g/mol. The van der Waals surface area contributed by atoms with Crippen LogP contribution < -0.4 is 48.7 Å². The Morgan fingerprint density at radius 2 is 1.31 bits per heavy atom. The summed E-state index contributed by atoms with van der Waals surface area (Å²) in [6.07, 6.45) is -0.156. The molecular weight excluding hydrogens is 953 g/mol. The number of aromatic nitrogens is 1. The Bertz CT molecular complexity index is 2400. The third-order valence-corrected chi connectivity index (χ3v) is 14.3. The van der Waals surface area contributed by atoms with Crippen LogP contribution in [0.2, 0.25) is 0 Å². The van der Waals surface area contributed by atoms with E-state index in [9.17, 15) is 48.9 Å². The summed E-state index contributed by atoms with van der Waals surface area (Å²) in [5.41, 5.74) is 15.0. The average Bonchev–Trinajstić information content (AvgIpc) is 3.76. The highest BCUT2D eigenvalue weighted by Crippen LogP contribution is 2.24. The van der Waals surface area contributed by atoms with E-state index in [0.717, 1.165) is 38.1 Å². The van der Waals surface area contributed by atoms with Gasteiger partial charge in [-0.2, -0.15) is 0 Å². The summed E-state index contributed by atoms with van der Waals surface area (Å²) < 4.78 is 0. The summed E-state index contributed by atoms with van der Waals surface area (Å²) in [7, 11) is 2.06. The zero-order chi connectivity index (χ0) is 51.5. The topological polar surface area (TPSA) is 332 Å². The molecule has 10 atom stereocenters. The lowest BCUT2D eigenvalue weighted by Gasteiger charge is -2.29. The van der Waals surface area contributed by atoms with Gasteiger partial charge in [0.25, 0.3) is 0 Å². The number of nitrogens with one attached hydrogen (secondary N) is 8. The van der Waals surface area contributed by atoms with Crippen LogP contribution in [0, 0.1) is 0 Å². The molecule has 1 aliphatic heterocycles. The molecule has 20 nitrogen and oxygen atoms in total. The molecule has 1 fully saturated rings. The van der Waals surface area contributed by atoms with Gasteiger partial charge in [-0.1, -0.05) is 100 Å². The van der Waals surface area contributed by atoms with Crippen LogP contribution in [0.25, 0.3) is 10.9 Å². The van der Waals surface area contributed by atoms with Crippen LogP contribution in [0.1, 0.15) is 49.8 Å². The first-order valence-corrected chi connectivity index (χ1v) is 26.0. The van der Waals surface area contributed by atoms with Gasteiger partial charge in [0.05, 0.1) is 30.9 Å². The largest absolute Gasteiger partial charge is 0.394 e. The fourth-order valence-electron chi connectivity index (χ4n) is 7.73. The van der Waals surface area contributed by atoms with Crippen LogP contribution in [-0.4, -0.2) is 147 Å². The van der Waals surface area contributed by atoms with Gasteiger partial charge in [-0.25, -0.2) is 0 Å². The van der Waals surface area contributed by atoms with Crippen molar-refractivity contribution in [3.05, 3.63) is 108 Å². The number of aromatic amines is 1. The van der Waals surface area contributed by atoms with E-state index in [1.54, 1.807) is 60.8 Å². The summed E-state index contributed by atoms with van der Waals surface area (Å²) in [5.74, 6) is -6.01. The third-order valence-electron chi connectivity index (χ3n) is 11.9. The maximum absolute atomic E-state index is 14.7. The summed E-state index contributed by atoms with van der Waals surface area (Å²) in [5, 5.41) is 50.5. The van der Waals surface area contributed by atoms with Gasteiger partial charge in [0.15, 0.2) is 0 Å². The third kappa shape index (κ3) is 17.1. The smallest absolute Gasteiger partial charge is 0.245 e. The zero-order valence-electron chi connectivity index (χ0n) is 39.7. The van der Waals surface area contributed by atoms with Gasteiger partial charge < -0.3 is 69.0 Å². The number of hydrogen-bond acceptors (Lipinski definition) is 14. The Morgan fingerprint density at radius 3 is 1.96 bits per heavy atom. The maximum atomic E-state index is 14.7. The fourth-order valence-corrected chi connectivity index (χ4v) is 10.1. The van der Waals surface area contributed by atoms with Crippen molar-refractivity contribution >= 4 is 73.8 Å². The molecule has 1 aromatic heterocycles. The molecule has 4 aromatic rings. The molecular formula is C49H66N10O10S2. The second-order valence-electron chi connectivity index (χ2n) is 17.5. The molecule has 384 valence electrons. The number of carbonyl (C=O) groups is 7. The first-order chi connectivity index (χ1) is 34.1. The highest BCUT2D eigenvalue weighted by molar-refractivity contribution is 8.76. The maximum Gasteiger partial charge on any atom is 0.245 e. The summed E-state index contributed by atoms with van der Waals surface area (Å²) in [4.78, 5) is 103. The van der Waals surface area contributed by atoms with Crippen molar-refractivity contribution < 1.29 is 48.9 Å². The predicted octanol–water partition coefficient (Wildman–Crippen LogP) is -0.805. The quantitative estimate of drug-likeness (QED) is 0.0455. The normalized spacial score (nSPS) is 22.8. The lowest BCUT2D eigenvalue weighted by atomic mass is 10.0. The number of H-pyrrole nitrogens is 1. The fraction of sp³-hybridized carbons (Fsp3) is 0.449. The minimum atomic E-state index is -1.66. The summed E-state index contributed by atoms with van der Waals surface area (Å²) in [6.45, 7) is 2.23. The van der Waals surface area contributed by atoms with Crippen LogP contribution in [0.3, 0.4) is 0 Å². The van der Waals surface area contributed by atoms with Crippen LogP contribution in [0.4, 0.5) is 0 Å². The number of hydrogen-bond donors (Lipinski definition) is 13. The van der Waals surface area contributed by atoms with Crippen molar-refractivity contribution in [2.75, 3.05) is 24.7 Å². The standard InChI is InChI=1S/C49H66N10O10S2/c1-28(61)39(25-60)56-48(68)41-27-71-70-26-40(57-43(63)34(51)21-30-13-5-3-6-14-30)47(67)54-37(22-31-15-7-4-8-16-31)45(65)55-38(23-32-24-52-35-18-10-9-17-33(32)35)46(66)53-36(19-11-12-20-50)44(64)59-42(29(2)62)49(69)58-41/h3-10,13-18,24,28-29,34,36-42,52,60-62H,11-12,19-23,25-27,50-51H2,1-2H3,(H,53,66)(H,54,67)(H,55,65)(H,56,68)(H,57,63)(H,58,69)(H,59,64)/t28-,29-,34+,36+,37+,38+,39-,40?,41+,42+/m1/s1. The molecule has 0 spiro atoms. The average molecular weight is 1020 g/mol. The summed E-state index contributed by atoms with van der Waals surface area (Å²) >= 11 is 0. The molecule has 7 amide bonds. The number of aliphatic hydroxyl groups excluding tert-OH is 3. The van der Waals surface area contributed by atoms with E-state index in [1.807, 2.05) is 30.3 Å². The van der Waals surface area contributed by atoms with Crippen molar-refractivity contribution in [3.63, 3.8) is 0 Å². The number of amides is 7. The van der Waals surface area contributed by atoms with Crippen molar-refractivity contribution in [1.29, 1.82) is 0 Å². The molecule has 1 aliphatic rings. The SMILES string of the molecule is C[C@@H](O)[C@@H]1NC(=O)[C@H](CCCCN)NC(=O)[C@H](Cc2c[nH]c3ccccc23)NC(=O)[C@H](Cc2ccccc2)NC(=O)C(NC(=O)[C@@H](N)Cc2ccccc2)CSSC[C@@H](C(=O)N[C@H](CO)[C@@H](C)O)NC1=O. The van der Waals surface area contributed by atoms with E-state index in [0.29, 0.717) is 24.0 Å². The van der Waals surface area contributed by atoms with Crippen LogP contribution in [0.15, 0.2) is 91.1 Å². The van der Waals surface area contributed by atoms with Crippen molar-refractivity contribution in [2.24, 2.45) is 11.5 Å². The van der Waals surface area contributed by atoms with Gasteiger partial charge in [-0.05, 0) is 68.8 Å². The predicted molar refractivity (Wildman–Crippen MR) is 272 cm³/mol. The second-order valence-corrected chi connectivity index (χ2v) is 20.0. The van der Waals surface area contributed by atoms with Crippen molar-refractivity contribution in [2.45, 2.75) is 113 Å². The van der Waals surface area contributed by atoms with E-state index in [2.05, 4.69) is 42.2 Å². The number of fused-ring (bicyclic) bond motifs is 1. The van der Waals surface area contributed by atoms with Crippen molar-refractivity contribution in [1.82, 2.24) is 42.2 Å². The minimum absolute atomic E-state index is 0.0340.